The van der Waals surface area contributed by atoms with Crippen LogP contribution in [0.25, 0.3) is 23.0 Å². The van der Waals surface area contributed by atoms with Gasteiger partial charge in [0.1, 0.15) is 17.3 Å². The maximum absolute atomic E-state index is 13.0. The smallest absolute Gasteiger partial charge is 0.266 e. The van der Waals surface area contributed by atoms with Crippen molar-refractivity contribution in [2.24, 2.45) is 0 Å². The van der Waals surface area contributed by atoms with E-state index < -0.39 is 11.6 Å². The summed E-state index contributed by atoms with van der Waals surface area (Å²) in [5.41, 5.74) is 3.44. The van der Waals surface area contributed by atoms with E-state index in [9.17, 15) is 9.90 Å². The minimum atomic E-state index is -0.530. The normalized spacial score (nSPS) is 14.4. The molecule has 0 saturated carbocycles. The lowest BCUT2D eigenvalue weighted by molar-refractivity contribution is 0.0615. The zero-order valence-electron chi connectivity index (χ0n) is 24.2. The number of aliphatic hydroxyl groups excluding tert-OH is 1. The van der Waals surface area contributed by atoms with E-state index in [1.54, 1.807) is 30.6 Å². The number of amides is 1. The molecule has 0 spiro atoms. The summed E-state index contributed by atoms with van der Waals surface area (Å²) in [6, 6.07) is 20.1. The first kappa shape index (κ1) is 28.0. The van der Waals surface area contributed by atoms with Gasteiger partial charge in [-0.1, -0.05) is 43.3 Å². The molecule has 1 aliphatic heterocycles. The minimum Gasteiger partial charge on any atom is -0.414 e. The van der Waals surface area contributed by atoms with E-state index in [1.165, 1.54) is 0 Å². The third-order valence-electron chi connectivity index (χ3n) is 7.49. The van der Waals surface area contributed by atoms with Gasteiger partial charge < -0.3 is 25.1 Å². The van der Waals surface area contributed by atoms with Gasteiger partial charge in [0.15, 0.2) is 0 Å². The van der Waals surface area contributed by atoms with Crippen LogP contribution in [0.4, 0.5) is 17.3 Å². The summed E-state index contributed by atoms with van der Waals surface area (Å²) < 4.78 is 5.99. The fourth-order valence-corrected chi connectivity index (χ4v) is 5.28. The Bertz CT molecular complexity index is 1740. The third kappa shape index (κ3) is 5.42. The summed E-state index contributed by atoms with van der Waals surface area (Å²) in [7, 11) is 0. The van der Waals surface area contributed by atoms with Crippen molar-refractivity contribution in [1.29, 1.82) is 0 Å². The van der Waals surface area contributed by atoms with Gasteiger partial charge in [-0.15, -0.1) is 10.2 Å². The molecule has 4 aromatic heterocycles. The van der Waals surface area contributed by atoms with Gasteiger partial charge in [0.25, 0.3) is 17.7 Å². The first-order valence-electron chi connectivity index (χ1n) is 14.2. The van der Waals surface area contributed by atoms with Crippen LogP contribution in [0.2, 0.25) is 0 Å². The standard InChI is InChI=1S/C32H32N8O3/c1-4-16-40-31(42)21-13-14-26(37-28(21)32(40,2)3)36-27-17-24(35-25(19-41)20-10-6-5-7-11-20)22(18-34-27)29-38-39-30(43-29)23-12-8-9-15-33-23/h5-15,17-18,25,41H,4,16,19H2,1-3H3,(H2,34,35,36,37)/t25-/m1/s1. The zero-order valence-corrected chi connectivity index (χ0v) is 24.2. The fourth-order valence-electron chi connectivity index (χ4n) is 5.28. The fraction of sp³-hybridized carbons (Fsp3) is 0.250. The molecule has 1 aliphatic rings. The molecular formula is C32H32N8O3. The van der Waals surface area contributed by atoms with Crippen molar-refractivity contribution in [2.75, 3.05) is 23.8 Å². The number of aliphatic hydroxyl groups is 1. The van der Waals surface area contributed by atoms with Gasteiger partial charge in [0.2, 0.25) is 0 Å². The Hall–Kier alpha value is -5.16. The predicted molar refractivity (Wildman–Crippen MR) is 163 cm³/mol. The van der Waals surface area contributed by atoms with Gasteiger partial charge in [0, 0.05) is 25.0 Å². The third-order valence-corrected chi connectivity index (χ3v) is 7.49. The first-order chi connectivity index (χ1) is 20.9. The molecule has 1 amide bonds. The van der Waals surface area contributed by atoms with Gasteiger partial charge >= 0.3 is 0 Å². The second-order valence-corrected chi connectivity index (χ2v) is 10.8. The number of carbonyl (C=O) groups excluding carboxylic acids is 1. The summed E-state index contributed by atoms with van der Waals surface area (Å²) in [6.07, 6.45) is 4.15. The molecule has 1 aromatic carbocycles. The van der Waals surface area contributed by atoms with Gasteiger partial charge in [-0.25, -0.2) is 9.97 Å². The lowest BCUT2D eigenvalue weighted by Crippen LogP contribution is -2.39. The predicted octanol–water partition coefficient (Wildman–Crippen LogP) is 5.58. The van der Waals surface area contributed by atoms with Crippen molar-refractivity contribution in [3.8, 4) is 23.0 Å². The number of fused-ring (bicyclic) bond motifs is 1. The molecule has 11 heteroatoms. The highest BCUT2D eigenvalue weighted by Gasteiger charge is 2.43. The zero-order chi connectivity index (χ0) is 30.0. The van der Waals surface area contributed by atoms with Crippen molar-refractivity contribution in [3.63, 3.8) is 0 Å². The number of aromatic nitrogens is 5. The second-order valence-electron chi connectivity index (χ2n) is 10.8. The topological polar surface area (TPSA) is 142 Å². The Labute approximate surface area is 249 Å². The van der Waals surface area contributed by atoms with Crippen LogP contribution in [0, 0.1) is 0 Å². The molecule has 11 nitrogen and oxygen atoms in total. The van der Waals surface area contributed by atoms with Crippen LogP contribution >= 0.6 is 0 Å². The van der Waals surface area contributed by atoms with Crippen LogP contribution in [0.3, 0.4) is 0 Å². The molecule has 1 atom stereocenters. The molecule has 43 heavy (non-hydrogen) atoms. The average Bonchev–Trinajstić information content (AvgIpc) is 3.59. The average molecular weight is 577 g/mol. The van der Waals surface area contributed by atoms with Crippen molar-refractivity contribution >= 4 is 23.2 Å². The van der Waals surface area contributed by atoms with Crippen molar-refractivity contribution in [3.05, 3.63) is 95.9 Å². The lowest BCUT2D eigenvalue weighted by Gasteiger charge is -2.31. The van der Waals surface area contributed by atoms with Crippen LogP contribution in [0.5, 0.6) is 0 Å². The van der Waals surface area contributed by atoms with E-state index in [4.69, 9.17) is 9.40 Å². The molecule has 3 N–H and O–H groups in total. The SMILES string of the molecule is CCCN1C(=O)c2ccc(Nc3cc(N[C@H](CO)c4ccccc4)c(-c4nnc(-c5ccccn5)o4)cn3)nc2C1(C)C. The van der Waals surface area contributed by atoms with E-state index in [-0.39, 0.29) is 24.3 Å². The first-order valence-corrected chi connectivity index (χ1v) is 14.2. The Balaban J connectivity index is 1.35. The highest BCUT2D eigenvalue weighted by molar-refractivity contribution is 5.99. The lowest BCUT2D eigenvalue weighted by atomic mass is 9.99. The van der Waals surface area contributed by atoms with Crippen molar-refractivity contribution in [2.45, 2.75) is 38.8 Å². The number of carbonyl (C=O) groups is 1. The molecule has 0 fully saturated rings. The summed E-state index contributed by atoms with van der Waals surface area (Å²) in [6.45, 7) is 6.59. The van der Waals surface area contributed by atoms with Crippen LogP contribution in [-0.4, -0.2) is 54.2 Å². The number of benzene rings is 1. The molecule has 218 valence electrons. The molecule has 0 unspecified atom stereocenters. The molecule has 0 aliphatic carbocycles. The summed E-state index contributed by atoms with van der Waals surface area (Å²) in [4.78, 5) is 28.6. The second kappa shape index (κ2) is 11.6. The molecule has 5 heterocycles. The number of nitrogens with one attached hydrogen (secondary N) is 2. The molecule has 5 aromatic rings. The maximum atomic E-state index is 13.0. The molecule has 6 rings (SSSR count). The highest BCUT2D eigenvalue weighted by atomic mass is 16.4. The van der Waals surface area contributed by atoms with Crippen LogP contribution in [0.1, 0.15) is 54.8 Å². The molecule has 0 bridgehead atoms. The van der Waals surface area contributed by atoms with Crippen LogP contribution < -0.4 is 10.6 Å². The van der Waals surface area contributed by atoms with Gasteiger partial charge in [-0.3, -0.25) is 9.78 Å². The molecular weight excluding hydrogens is 544 g/mol. The van der Waals surface area contributed by atoms with E-state index in [1.807, 2.05) is 67.3 Å². The number of hydrogen-bond donors (Lipinski definition) is 3. The van der Waals surface area contributed by atoms with Crippen molar-refractivity contribution in [1.82, 2.24) is 30.0 Å². The number of nitrogens with zero attached hydrogens (tertiary/aromatic N) is 6. The van der Waals surface area contributed by atoms with Gasteiger partial charge in [-0.2, -0.15) is 0 Å². The number of pyridine rings is 3. The number of rotatable bonds is 10. The van der Waals surface area contributed by atoms with E-state index in [0.717, 1.165) is 17.7 Å². The molecule has 0 radical (unpaired) electrons. The van der Waals surface area contributed by atoms with E-state index >= 15 is 0 Å². The van der Waals surface area contributed by atoms with Gasteiger partial charge in [-0.05, 0) is 50.1 Å². The quantitative estimate of drug-likeness (QED) is 0.193. The Morgan fingerprint density at radius 3 is 2.49 bits per heavy atom. The molecule has 0 saturated heterocycles. The van der Waals surface area contributed by atoms with Gasteiger partial charge in [0.05, 0.1) is 40.7 Å². The van der Waals surface area contributed by atoms with Crippen molar-refractivity contribution < 1.29 is 14.3 Å². The Morgan fingerprint density at radius 2 is 1.74 bits per heavy atom. The maximum Gasteiger partial charge on any atom is 0.266 e. The van der Waals surface area contributed by atoms with E-state index in [2.05, 4.69) is 37.7 Å². The number of hydrogen-bond acceptors (Lipinski definition) is 10. The summed E-state index contributed by atoms with van der Waals surface area (Å²) in [5.74, 6) is 1.58. The Morgan fingerprint density at radius 1 is 0.953 bits per heavy atom. The van der Waals surface area contributed by atoms with E-state index in [0.29, 0.717) is 40.7 Å². The largest absolute Gasteiger partial charge is 0.414 e. The Kier molecular flexibility index (Phi) is 7.56. The summed E-state index contributed by atoms with van der Waals surface area (Å²) >= 11 is 0. The van der Waals surface area contributed by atoms with Crippen LogP contribution in [0.15, 0.2) is 83.5 Å². The summed E-state index contributed by atoms with van der Waals surface area (Å²) in [5, 5.41) is 25.4. The van der Waals surface area contributed by atoms with Crippen LogP contribution in [-0.2, 0) is 5.54 Å². The number of anilines is 3. The monoisotopic (exact) mass is 576 g/mol. The minimum absolute atomic E-state index is 0.00421. The highest BCUT2D eigenvalue weighted by Crippen LogP contribution is 2.39.